The number of rotatable bonds is 1. The summed E-state index contributed by atoms with van der Waals surface area (Å²) in [5.74, 6) is 2.44. The molecule has 0 aromatic rings. The molecule has 0 amide bonds. The van der Waals surface area contributed by atoms with Crippen LogP contribution >= 0.6 is 0 Å². The summed E-state index contributed by atoms with van der Waals surface area (Å²) in [6.45, 7) is 6.75. The van der Waals surface area contributed by atoms with Crippen LogP contribution < -0.4 is 0 Å². The van der Waals surface area contributed by atoms with Crippen molar-refractivity contribution in [2.24, 2.45) is 23.7 Å². The molecule has 0 N–H and O–H groups in total. The molecule has 68 valence electrons. The van der Waals surface area contributed by atoms with E-state index >= 15 is 0 Å². The highest BCUT2D eigenvalue weighted by Crippen LogP contribution is 2.37. The number of nitrogens with zero attached hydrogens (tertiary/aromatic N) is 1. The van der Waals surface area contributed by atoms with Crippen LogP contribution in [0.2, 0.25) is 0 Å². The van der Waals surface area contributed by atoms with Gasteiger partial charge in [-0.2, -0.15) is 5.26 Å². The van der Waals surface area contributed by atoms with Crippen LogP contribution in [-0.2, 0) is 0 Å². The van der Waals surface area contributed by atoms with Gasteiger partial charge in [0.15, 0.2) is 0 Å². The van der Waals surface area contributed by atoms with E-state index in [4.69, 9.17) is 5.26 Å². The molecule has 0 aromatic carbocycles. The van der Waals surface area contributed by atoms with Gasteiger partial charge in [0.05, 0.1) is 6.07 Å². The van der Waals surface area contributed by atoms with Crippen LogP contribution in [0.5, 0.6) is 0 Å². The Kier molecular flexibility index (Phi) is 3.14. The summed E-state index contributed by atoms with van der Waals surface area (Å²) in [5.41, 5.74) is 0. The summed E-state index contributed by atoms with van der Waals surface area (Å²) in [5, 5.41) is 8.98. The number of hydrogen-bond donors (Lipinski definition) is 0. The molecule has 0 unspecified atom stereocenters. The fraction of sp³-hybridized carbons (Fsp3) is 0.909. The topological polar surface area (TPSA) is 23.8 Å². The highest BCUT2D eigenvalue weighted by molar-refractivity contribution is 4.93. The van der Waals surface area contributed by atoms with Gasteiger partial charge in [-0.1, -0.05) is 27.2 Å². The largest absolute Gasteiger partial charge is 0.198 e. The molecule has 1 fully saturated rings. The molecule has 0 heterocycles. The molecule has 0 radical (unpaired) electrons. The summed E-state index contributed by atoms with van der Waals surface area (Å²) in [4.78, 5) is 0. The third kappa shape index (κ3) is 2.00. The van der Waals surface area contributed by atoms with Crippen LogP contribution in [0.1, 0.15) is 40.0 Å². The summed E-state index contributed by atoms with van der Waals surface area (Å²) in [6, 6.07) is 2.47. The maximum Gasteiger partial charge on any atom is 0.0658 e. The normalized spacial score (nSPS) is 36.4. The Labute approximate surface area is 75.8 Å². The average molecular weight is 165 g/mol. The van der Waals surface area contributed by atoms with Gasteiger partial charge in [-0.05, 0) is 30.6 Å². The Morgan fingerprint density at radius 3 is 2.50 bits per heavy atom. The zero-order valence-corrected chi connectivity index (χ0v) is 8.38. The molecular formula is C11H19N. The lowest BCUT2D eigenvalue weighted by molar-refractivity contribution is 0.183. The second kappa shape index (κ2) is 3.94. The van der Waals surface area contributed by atoms with E-state index in [0.717, 1.165) is 12.3 Å². The third-order valence-electron chi connectivity index (χ3n) is 3.19. The second-order valence-electron chi connectivity index (χ2n) is 4.56. The Hall–Kier alpha value is -0.510. The predicted molar refractivity (Wildman–Crippen MR) is 50.4 cm³/mol. The van der Waals surface area contributed by atoms with Crippen LogP contribution in [0.15, 0.2) is 0 Å². The molecule has 12 heavy (non-hydrogen) atoms. The van der Waals surface area contributed by atoms with Gasteiger partial charge in [-0.25, -0.2) is 0 Å². The lowest BCUT2D eigenvalue weighted by atomic mass is 9.71. The smallest absolute Gasteiger partial charge is 0.0658 e. The summed E-state index contributed by atoms with van der Waals surface area (Å²) < 4.78 is 0. The van der Waals surface area contributed by atoms with Gasteiger partial charge in [-0.3, -0.25) is 0 Å². The number of hydrogen-bond acceptors (Lipinski definition) is 1. The van der Waals surface area contributed by atoms with Gasteiger partial charge >= 0.3 is 0 Å². The Morgan fingerprint density at radius 2 is 2.00 bits per heavy atom. The van der Waals surface area contributed by atoms with Gasteiger partial charge in [0.1, 0.15) is 0 Å². The summed E-state index contributed by atoms with van der Waals surface area (Å²) in [7, 11) is 0. The van der Waals surface area contributed by atoms with E-state index in [9.17, 15) is 0 Å². The van der Waals surface area contributed by atoms with Crippen molar-refractivity contribution in [3.8, 4) is 6.07 Å². The minimum atomic E-state index is 0.328. The van der Waals surface area contributed by atoms with E-state index in [0.29, 0.717) is 17.8 Å². The SMILES string of the molecule is CC(C)[C@H]1CC[C@H](C)C[C@H]1C#N. The minimum absolute atomic E-state index is 0.328. The van der Waals surface area contributed by atoms with Crippen LogP contribution in [0.25, 0.3) is 0 Å². The van der Waals surface area contributed by atoms with Crippen molar-refractivity contribution < 1.29 is 0 Å². The van der Waals surface area contributed by atoms with E-state index in [1.54, 1.807) is 0 Å². The first-order chi connectivity index (χ1) is 5.65. The van der Waals surface area contributed by atoms with Crippen LogP contribution in [0.4, 0.5) is 0 Å². The van der Waals surface area contributed by atoms with E-state index in [-0.39, 0.29) is 0 Å². The molecule has 0 spiro atoms. The Bertz CT molecular complexity index is 178. The zero-order valence-electron chi connectivity index (χ0n) is 8.38. The van der Waals surface area contributed by atoms with E-state index < -0.39 is 0 Å². The van der Waals surface area contributed by atoms with Gasteiger partial charge in [0.25, 0.3) is 0 Å². The van der Waals surface area contributed by atoms with Crippen molar-refractivity contribution in [3.05, 3.63) is 0 Å². The fourth-order valence-electron chi connectivity index (χ4n) is 2.35. The third-order valence-corrected chi connectivity index (χ3v) is 3.19. The highest BCUT2D eigenvalue weighted by Gasteiger charge is 2.30. The number of nitriles is 1. The molecule has 0 aromatic heterocycles. The van der Waals surface area contributed by atoms with Gasteiger partial charge in [0, 0.05) is 5.92 Å². The first kappa shape index (κ1) is 9.58. The predicted octanol–water partition coefficient (Wildman–Crippen LogP) is 3.22. The van der Waals surface area contributed by atoms with Crippen LogP contribution in [0.3, 0.4) is 0 Å². The van der Waals surface area contributed by atoms with Gasteiger partial charge < -0.3 is 0 Å². The molecule has 0 saturated heterocycles. The van der Waals surface area contributed by atoms with Crippen molar-refractivity contribution in [1.29, 1.82) is 5.26 Å². The first-order valence-corrected chi connectivity index (χ1v) is 5.04. The molecule has 0 aliphatic heterocycles. The lowest BCUT2D eigenvalue weighted by Crippen LogP contribution is -2.26. The maximum atomic E-state index is 8.98. The molecular weight excluding hydrogens is 146 g/mol. The monoisotopic (exact) mass is 165 g/mol. The van der Waals surface area contributed by atoms with E-state index in [1.165, 1.54) is 12.8 Å². The summed E-state index contributed by atoms with van der Waals surface area (Å²) >= 11 is 0. The van der Waals surface area contributed by atoms with Crippen molar-refractivity contribution in [1.82, 2.24) is 0 Å². The van der Waals surface area contributed by atoms with Crippen molar-refractivity contribution in [3.63, 3.8) is 0 Å². The van der Waals surface area contributed by atoms with Crippen molar-refractivity contribution in [2.75, 3.05) is 0 Å². The average Bonchev–Trinajstić information content (AvgIpc) is 2.03. The van der Waals surface area contributed by atoms with Gasteiger partial charge in [0.2, 0.25) is 0 Å². The quantitative estimate of drug-likeness (QED) is 0.585. The molecule has 3 atom stereocenters. The molecule has 1 saturated carbocycles. The molecule has 1 aliphatic rings. The highest BCUT2D eigenvalue weighted by atomic mass is 14.4. The van der Waals surface area contributed by atoms with E-state index in [1.807, 2.05) is 0 Å². The maximum absolute atomic E-state index is 8.98. The zero-order chi connectivity index (χ0) is 9.14. The molecule has 1 nitrogen and oxygen atoms in total. The molecule has 0 bridgehead atoms. The van der Waals surface area contributed by atoms with Crippen molar-refractivity contribution in [2.45, 2.75) is 40.0 Å². The Balaban J connectivity index is 2.58. The van der Waals surface area contributed by atoms with Crippen LogP contribution in [-0.4, -0.2) is 0 Å². The van der Waals surface area contributed by atoms with Crippen LogP contribution in [0, 0.1) is 35.0 Å². The molecule has 1 rings (SSSR count). The van der Waals surface area contributed by atoms with E-state index in [2.05, 4.69) is 26.8 Å². The summed E-state index contributed by atoms with van der Waals surface area (Å²) in [6.07, 6.45) is 3.71. The minimum Gasteiger partial charge on any atom is -0.198 e. The lowest BCUT2D eigenvalue weighted by Gasteiger charge is -2.33. The molecule has 1 heteroatoms. The Morgan fingerprint density at radius 1 is 1.33 bits per heavy atom. The first-order valence-electron chi connectivity index (χ1n) is 5.04. The van der Waals surface area contributed by atoms with Gasteiger partial charge in [-0.15, -0.1) is 0 Å². The second-order valence-corrected chi connectivity index (χ2v) is 4.56. The molecule has 1 aliphatic carbocycles. The fourth-order valence-corrected chi connectivity index (χ4v) is 2.35. The van der Waals surface area contributed by atoms with Crippen molar-refractivity contribution >= 4 is 0 Å². The standard InChI is InChI=1S/C11H19N/c1-8(2)11-5-4-9(3)6-10(11)7-12/h8-11H,4-6H2,1-3H3/t9-,10-,11+/m0/s1.